The number of benzene rings is 1. The van der Waals surface area contributed by atoms with E-state index in [4.69, 9.17) is 0 Å². The Morgan fingerprint density at radius 2 is 2.13 bits per heavy atom. The van der Waals surface area contributed by atoms with Crippen molar-refractivity contribution in [3.05, 3.63) is 52.6 Å². The van der Waals surface area contributed by atoms with Gasteiger partial charge in [0.05, 0.1) is 12.2 Å². The van der Waals surface area contributed by atoms with E-state index in [1.165, 1.54) is 13.0 Å². The quantitative estimate of drug-likeness (QED) is 0.774. The van der Waals surface area contributed by atoms with Gasteiger partial charge in [0.25, 0.3) is 5.56 Å². The Balaban J connectivity index is 2.11. The van der Waals surface area contributed by atoms with Crippen LogP contribution < -0.4 is 10.9 Å². The maximum atomic E-state index is 11.9. The summed E-state index contributed by atoms with van der Waals surface area (Å²) in [4.78, 5) is 30.3. The second kappa shape index (κ2) is 6.08. The summed E-state index contributed by atoms with van der Waals surface area (Å²) in [5.74, 6) is 0.359. The van der Waals surface area contributed by atoms with Gasteiger partial charge < -0.3 is 14.9 Å². The largest absolute Gasteiger partial charge is 0.351 e. The van der Waals surface area contributed by atoms with E-state index in [1.807, 2.05) is 30.5 Å². The molecule has 0 aliphatic carbocycles. The number of amides is 1. The predicted octanol–water partition coefficient (Wildman–Crippen LogP) is 2.05. The topological polar surface area (TPSA) is 79.8 Å². The fraction of sp³-hybridized carbons (Fsp3) is 0.235. The number of carbonyl (C=O) groups excluding carboxylic acids is 1. The zero-order valence-corrected chi connectivity index (χ0v) is 13.1. The van der Waals surface area contributed by atoms with Crippen molar-refractivity contribution >= 4 is 16.8 Å². The Bertz CT molecular complexity index is 924. The molecule has 0 aliphatic rings. The Labute approximate surface area is 133 Å². The number of aromatic nitrogens is 3. The number of H-pyrrole nitrogens is 1. The van der Waals surface area contributed by atoms with Gasteiger partial charge in [-0.1, -0.05) is 18.2 Å². The molecule has 3 aromatic rings. The molecule has 0 saturated heterocycles. The highest BCUT2D eigenvalue weighted by atomic mass is 16.1. The minimum atomic E-state index is -0.233. The molecule has 0 aliphatic heterocycles. The Morgan fingerprint density at radius 3 is 2.87 bits per heavy atom. The zero-order chi connectivity index (χ0) is 16.4. The minimum Gasteiger partial charge on any atom is -0.351 e. The molecule has 6 heteroatoms. The molecule has 2 heterocycles. The molecular formula is C17H18N4O2. The molecule has 3 rings (SSSR count). The third kappa shape index (κ3) is 3.01. The minimum absolute atomic E-state index is 0.156. The number of hydrogen-bond donors (Lipinski definition) is 2. The van der Waals surface area contributed by atoms with Crippen LogP contribution in [0.15, 0.2) is 41.3 Å². The van der Waals surface area contributed by atoms with E-state index in [0.717, 1.165) is 23.0 Å². The number of aryl methyl sites for hydroxylation is 1. The van der Waals surface area contributed by atoms with E-state index >= 15 is 0 Å². The molecule has 118 valence electrons. The molecule has 0 atom stereocenters. The van der Waals surface area contributed by atoms with Crippen LogP contribution in [0.4, 0.5) is 0 Å². The smallest absolute Gasteiger partial charge is 0.251 e. The highest BCUT2D eigenvalue weighted by Crippen LogP contribution is 2.27. The van der Waals surface area contributed by atoms with Gasteiger partial charge >= 0.3 is 0 Å². The molecule has 2 N–H and O–H groups in total. The van der Waals surface area contributed by atoms with Crippen molar-refractivity contribution in [2.45, 2.75) is 26.9 Å². The summed E-state index contributed by atoms with van der Waals surface area (Å²) in [5, 5.41) is 3.70. The first-order valence-corrected chi connectivity index (χ1v) is 7.51. The fourth-order valence-electron chi connectivity index (χ4n) is 2.64. The van der Waals surface area contributed by atoms with Crippen molar-refractivity contribution in [1.29, 1.82) is 0 Å². The van der Waals surface area contributed by atoms with Gasteiger partial charge in [-0.05, 0) is 13.0 Å². The van der Waals surface area contributed by atoms with Crippen LogP contribution in [0.2, 0.25) is 0 Å². The molecule has 0 fully saturated rings. The van der Waals surface area contributed by atoms with Crippen molar-refractivity contribution in [2.75, 3.05) is 0 Å². The van der Waals surface area contributed by atoms with E-state index in [1.54, 1.807) is 0 Å². The molecule has 0 bridgehead atoms. The summed E-state index contributed by atoms with van der Waals surface area (Å²) in [6, 6.07) is 9.41. The summed E-state index contributed by atoms with van der Waals surface area (Å²) in [7, 11) is 0. The normalized spacial score (nSPS) is 10.9. The van der Waals surface area contributed by atoms with Crippen molar-refractivity contribution in [3.8, 4) is 11.4 Å². The lowest BCUT2D eigenvalue weighted by Crippen LogP contribution is -2.21. The second-order valence-corrected chi connectivity index (χ2v) is 5.34. The second-order valence-electron chi connectivity index (χ2n) is 5.34. The average molecular weight is 310 g/mol. The molecule has 0 unspecified atom stereocenters. The summed E-state index contributed by atoms with van der Waals surface area (Å²) < 4.78 is 2.12. The van der Waals surface area contributed by atoms with Crippen LogP contribution in [0.5, 0.6) is 0 Å². The molecule has 2 aromatic heterocycles. The Kier molecular flexibility index (Phi) is 3.97. The van der Waals surface area contributed by atoms with Gasteiger partial charge in [-0.15, -0.1) is 0 Å². The van der Waals surface area contributed by atoms with Gasteiger partial charge in [-0.3, -0.25) is 9.59 Å². The fourth-order valence-corrected chi connectivity index (χ4v) is 2.64. The van der Waals surface area contributed by atoms with Crippen LogP contribution in [0.25, 0.3) is 22.3 Å². The van der Waals surface area contributed by atoms with E-state index in [-0.39, 0.29) is 18.0 Å². The lowest BCUT2D eigenvalue weighted by Gasteiger charge is -2.04. The van der Waals surface area contributed by atoms with Crippen molar-refractivity contribution in [3.63, 3.8) is 0 Å². The molecular weight excluding hydrogens is 292 g/mol. The first-order chi connectivity index (χ1) is 11.1. The number of para-hydroxylation sites is 1. The van der Waals surface area contributed by atoms with E-state index in [9.17, 15) is 9.59 Å². The monoisotopic (exact) mass is 310 g/mol. The summed E-state index contributed by atoms with van der Waals surface area (Å²) in [6.07, 6.45) is 1.99. The van der Waals surface area contributed by atoms with Gasteiger partial charge in [0.15, 0.2) is 0 Å². The standard InChI is InChI=1S/C17H18N4O2/c1-3-21-10-14(13-6-4-5-7-15(13)21)17-19-12(8-16(23)20-17)9-18-11(2)22/h4-8,10H,3,9H2,1-2H3,(H,18,22)(H,19,20,23). The van der Waals surface area contributed by atoms with Crippen LogP contribution in [0.1, 0.15) is 19.5 Å². The van der Waals surface area contributed by atoms with Crippen LogP contribution in [-0.4, -0.2) is 20.4 Å². The Morgan fingerprint density at radius 1 is 1.35 bits per heavy atom. The number of hydrogen-bond acceptors (Lipinski definition) is 3. The summed E-state index contributed by atoms with van der Waals surface area (Å²) in [5.41, 5.74) is 2.28. The van der Waals surface area contributed by atoms with Gasteiger partial charge in [0.1, 0.15) is 5.82 Å². The molecule has 1 amide bonds. The lowest BCUT2D eigenvalue weighted by molar-refractivity contribution is -0.119. The summed E-state index contributed by atoms with van der Waals surface area (Å²) >= 11 is 0. The van der Waals surface area contributed by atoms with Crippen molar-refractivity contribution in [2.24, 2.45) is 0 Å². The third-order valence-corrected chi connectivity index (χ3v) is 3.70. The number of carbonyl (C=O) groups is 1. The maximum absolute atomic E-state index is 11.9. The zero-order valence-electron chi connectivity index (χ0n) is 13.1. The van der Waals surface area contributed by atoms with Crippen LogP contribution in [-0.2, 0) is 17.9 Å². The maximum Gasteiger partial charge on any atom is 0.251 e. The molecule has 23 heavy (non-hydrogen) atoms. The van der Waals surface area contributed by atoms with Gasteiger partial charge in [0, 0.05) is 42.2 Å². The predicted molar refractivity (Wildman–Crippen MR) is 89.0 cm³/mol. The van der Waals surface area contributed by atoms with Crippen LogP contribution in [0, 0.1) is 0 Å². The number of nitrogens with zero attached hydrogens (tertiary/aromatic N) is 2. The molecule has 6 nitrogen and oxygen atoms in total. The molecule has 0 radical (unpaired) electrons. The van der Waals surface area contributed by atoms with Crippen molar-refractivity contribution in [1.82, 2.24) is 19.9 Å². The van der Waals surface area contributed by atoms with Crippen molar-refractivity contribution < 1.29 is 4.79 Å². The number of nitrogens with one attached hydrogen (secondary N) is 2. The van der Waals surface area contributed by atoms with E-state index in [2.05, 4.69) is 26.8 Å². The third-order valence-electron chi connectivity index (χ3n) is 3.70. The highest BCUT2D eigenvalue weighted by Gasteiger charge is 2.12. The number of rotatable bonds is 4. The Hall–Kier alpha value is -2.89. The van der Waals surface area contributed by atoms with E-state index < -0.39 is 0 Å². The lowest BCUT2D eigenvalue weighted by atomic mass is 10.1. The number of aromatic amines is 1. The van der Waals surface area contributed by atoms with Crippen LogP contribution >= 0.6 is 0 Å². The first kappa shape index (κ1) is 15.0. The van der Waals surface area contributed by atoms with Gasteiger partial charge in [-0.25, -0.2) is 4.98 Å². The average Bonchev–Trinajstić information content (AvgIpc) is 2.91. The highest BCUT2D eigenvalue weighted by molar-refractivity contribution is 5.94. The molecule has 1 aromatic carbocycles. The number of fused-ring (bicyclic) bond motifs is 1. The molecule has 0 saturated carbocycles. The summed E-state index contributed by atoms with van der Waals surface area (Å²) in [6.45, 7) is 4.57. The van der Waals surface area contributed by atoms with E-state index in [0.29, 0.717) is 11.5 Å². The SMILES string of the molecule is CCn1cc(-c2nc(CNC(C)=O)cc(=O)[nH]2)c2ccccc21. The first-order valence-electron chi connectivity index (χ1n) is 7.51. The van der Waals surface area contributed by atoms with Gasteiger partial charge in [-0.2, -0.15) is 0 Å². The van der Waals surface area contributed by atoms with Crippen LogP contribution in [0.3, 0.4) is 0 Å². The van der Waals surface area contributed by atoms with Gasteiger partial charge in [0.2, 0.25) is 5.91 Å². The molecule has 0 spiro atoms.